The second kappa shape index (κ2) is 50.1. The third-order valence-corrected chi connectivity index (χ3v) is 16.0. The van der Waals surface area contributed by atoms with Gasteiger partial charge in [-0.15, -0.1) is 0 Å². The highest BCUT2D eigenvalue weighted by Crippen LogP contribution is 2.11. The van der Waals surface area contributed by atoms with E-state index in [9.17, 15) is 116 Å². The first kappa shape index (κ1) is 93.6. The molecular weight excluding hydrogens is 1470 g/mol. The maximum Gasteiger partial charge on any atom is 0.326 e. The molecule has 0 spiro atoms. The number of carboxylic acid groups (broad SMARTS) is 3. The Bertz CT molecular complexity index is 3290. The molecule has 1 aromatic carbocycles. The fourth-order valence-electron chi connectivity index (χ4n) is 8.94. The van der Waals surface area contributed by atoms with Crippen molar-refractivity contribution in [3.05, 3.63) is 35.9 Å². The van der Waals surface area contributed by atoms with Crippen LogP contribution in [0, 0.1) is 0 Å². The van der Waals surface area contributed by atoms with Crippen LogP contribution < -0.4 is 103 Å². The zero-order chi connectivity index (χ0) is 80.3. The van der Waals surface area contributed by atoms with E-state index in [1.807, 2.05) is 16.9 Å². The molecule has 0 bridgehead atoms. The molecule has 46 heteroatoms. The molecule has 0 heterocycles. The predicted octanol–water partition coefficient (Wildman–Crippen LogP) is -11.6. The highest BCUT2D eigenvalue weighted by molar-refractivity contribution is 7.98. The quantitative estimate of drug-likeness (QED) is 0.0213. The summed E-state index contributed by atoms with van der Waals surface area (Å²) in [5.41, 5.74) is 28.0. The second-order valence-electron chi connectivity index (χ2n) is 23.3. The van der Waals surface area contributed by atoms with Gasteiger partial charge in [0.25, 0.3) is 0 Å². The number of aliphatic carboxylic acids is 3. The molecule has 1 aromatic rings. The molecule has 28 N–H and O–H groups in total. The van der Waals surface area contributed by atoms with Gasteiger partial charge in [0.1, 0.15) is 66.5 Å². The number of thiol groups is 2. The van der Waals surface area contributed by atoms with Crippen molar-refractivity contribution in [2.45, 2.75) is 156 Å². The lowest BCUT2D eigenvalue weighted by atomic mass is 10.0. The molecule has 0 aliphatic rings. The molecule has 0 aromatic heterocycles. The minimum absolute atomic E-state index is 0.0175. The smallest absolute Gasteiger partial charge is 0.326 e. The zero-order valence-electron chi connectivity index (χ0n) is 57.6. The lowest BCUT2D eigenvalue weighted by molar-refractivity contribution is -0.143. The lowest BCUT2D eigenvalue weighted by Gasteiger charge is -2.27. The molecule has 12 atom stereocenters. The summed E-state index contributed by atoms with van der Waals surface area (Å²) in [5.74, 6) is -24.3. The van der Waals surface area contributed by atoms with Crippen LogP contribution >= 0.6 is 37.0 Å². The van der Waals surface area contributed by atoms with Gasteiger partial charge in [-0.2, -0.15) is 37.0 Å². The maximum atomic E-state index is 14.1. The number of nitrogens with two attached hydrogens (primary N) is 5. The van der Waals surface area contributed by atoms with Gasteiger partial charge in [0.15, 0.2) is 0 Å². The van der Waals surface area contributed by atoms with Crippen LogP contribution in [0.5, 0.6) is 0 Å². The average molecular weight is 1560 g/mol. The predicted molar refractivity (Wildman–Crippen MR) is 378 cm³/mol. The number of benzene rings is 1. The summed E-state index contributed by atoms with van der Waals surface area (Å²) in [6.45, 7) is -2.48. The van der Waals surface area contributed by atoms with E-state index >= 15 is 0 Å². The molecule has 43 nitrogen and oxygen atoms in total. The van der Waals surface area contributed by atoms with Crippen LogP contribution in [0.3, 0.4) is 0 Å². The normalized spacial score (nSPS) is 14.2. The van der Waals surface area contributed by atoms with Gasteiger partial charge >= 0.3 is 17.9 Å². The van der Waals surface area contributed by atoms with E-state index in [-0.39, 0.29) is 38.0 Å². The summed E-state index contributed by atoms with van der Waals surface area (Å²) in [4.78, 5) is 257. The van der Waals surface area contributed by atoms with Crippen LogP contribution in [-0.2, 0) is 102 Å². The van der Waals surface area contributed by atoms with E-state index < -0.39 is 268 Å². The van der Waals surface area contributed by atoms with Crippen molar-refractivity contribution in [3.63, 3.8) is 0 Å². The molecule has 0 aliphatic carbocycles. The van der Waals surface area contributed by atoms with Gasteiger partial charge in [-0.05, 0) is 69.6 Å². The number of carbonyl (C=O) groups excluding carboxylic acids is 17. The minimum Gasteiger partial charge on any atom is -0.481 e. The van der Waals surface area contributed by atoms with E-state index in [4.69, 9.17) is 28.7 Å². The topological polar surface area (TPSA) is 721 Å². The van der Waals surface area contributed by atoms with Gasteiger partial charge in [0, 0.05) is 30.8 Å². The van der Waals surface area contributed by atoms with Gasteiger partial charge in [0.2, 0.25) is 100 Å². The molecule has 0 fully saturated rings. The Hall–Kier alpha value is -10.4. The first-order chi connectivity index (χ1) is 49.9. The summed E-state index contributed by atoms with van der Waals surface area (Å²) in [6.07, 6.45) is -3.96. The zero-order valence-corrected chi connectivity index (χ0v) is 60.2. The summed E-state index contributed by atoms with van der Waals surface area (Å²) < 4.78 is 0. The number of amides is 17. The van der Waals surface area contributed by atoms with Crippen LogP contribution in [0.15, 0.2) is 30.3 Å². The van der Waals surface area contributed by atoms with Crippen molar-refractivity contribution in [2.75, 3.05) is 56.3 Å². The molecule has 0 saturated carbocycles. The van der Waals surface area contributed by atoms with E-state index in [0.29, 0.717) is 17.7 Å². The van der Waals surface area contributed by atoms with Crippen molar-refractivity contribution in [3.8, 4) is 0 Å². The van der Waals surface area contributed by atoms with Gasteiger partial charge in [-0.3, -0.25) is 91.1 Å². The number of unbranched alkanes of at least 4 members (excludes halogenated alkanes) is 1. The molecule has 0 aliphatic heterocycles. The molecule has 0 unspecified atom stereocenters. The first-order valence-corrected chi connectivity index (χ1v) is 35.0. The number of thioether (sulfide) groups is 1. The fourth-order valence-corrected chi connectivity index (χ4v) is 9.95. The van der Waals surface area contributed by atoms with Gasteiger partial charge in [-0.1, -0.05) is 30.3 Å². The highest BCUT2D eigenvalue weighted by atomic mass is 32.2. The lowest BCUT2D eigenvalue weighted by Crippen LogP contribution is -2.61. The summed E-state index contributed by atoms with van der Waals surface area (Å²) in [6, 6.07) is -11.5. The van der Waals surface area contributed by atoms with Crippen LogP contribution in [0.25, 0.3) is 0 Å². The summed E-state index contributed by atoms with van der Waals surface area (Å²) in [7, 11) is 0. The molecule has 17 amide bonds. The standard InChI is InChI=1S/C60H93N19O24S3/c1-28(69-58(100)39(26-104)78-54(96)34(18-29-8-4-3-5-9-29)73-50(92)30(62)15-17-106-2)49(91)68-23-45(85)66-22-44(84)67-24-46(86)70-32(11-13-41(63)81)52(94)75-35(20-47(87)88)55(97)72-33(12-14-42(64)82)53(95)71-31(10-6-7-16-61)51(93)74-36(21-48(89)90)56(98)77-38(25-80)57(99)79-40(27-105)59(101)76-37(60(102)103)19-43(65)83/h3-5,8-9,28,30-40,80,104-105H,6-7,10-27,61-62H2,1-2H3,(H2,63,81)(H2,64,82)(H2,65,83)(H,66,85)(H,67,84)(H,68,91)(H,69,100)(H,70,86)(H,71,95)(H,72,97)(H,73,92)(H,74,93)(H,75,94)(H,76,101)(H,77,98)(H,78,96)(H,79,99)(H,87,88)(H,89,90)(H,102,103)/t28-,30-,31-,32-,33-,34-,35-,36-,37-,38-,39-,40-/m0/s1. The Morgan fingerprint density at radius 1 is 0.425 bits per heavy atom. The number of carboxylic acids is 3. The molecule has 1 rings (SSSR count). The number of nitrogens with one attached hydrogen (secondary N) is 14. The number of primary amides is 3. The number of rotatable bonds is 53. The van der Waals surface area contributed by atoms with E-state index in [1.54, 1.807) is 30.3 Å². The van der Waals surface area contributed by atoms with Crippen LogP contribution in [-0.4, -0.2) is 268 Å². The third-order valence-electron chi connectivity index (χ3n) is 14.7. The first-order valence-electron chi connectivity index (χ1n) is 32.4. The molecule has 106 heavy (non-hydrogen) atoms. The van der Waals surface area contributed by atoms with Gasteiger partial charge < -0.3 is 124 Å². The molecular formula is C60H93N19O24S3. The molecule has 590 valence electrons. The number of aliphatic hydroxyl groups is 1. The summed E-state index contributed by atoms with van der Waals surface area (Å²) >= 11 is 9.57. The molecule has 0 saturated heterocycles. The minimum atomic E-state index is -2.17. The highest BCUT2D eigenvalue weighted by Gasteiger charge is 2.37. The number of hydrogen-bond acceptors (Lipinski definition) is 26. The second-order valence-corrected chi connectivity index (χ2v) is 25.0. The fraction of sp³-hybridized carbons (Fsp3) is 0.567. The van der Waals surface area contributed by atoms with E-state index in [2.05, 4.69) is 89.1 Å². The largest absolute Gasteiger partial charge is 0.481 e. The van der Waals surface area contributed by atoms with Crippen molar-refractivity contribution in [2.24, 2.45) is 28.7 Å². The van der Waals surface area contributed by atoms with E-state index in [0.717, 1.165) is 0 Å². The van der Waals surface area contributed by atoms with Crippen LogP contribution in [0.2, 0.25) is 0 Å². The van der Waals surface area contributed by atoms with Crippen molar-refractivity contribution >= 4 is 155 Å². The van der Waals surface area contributed by atoms with Crippen molar-refractivity contribution in [1.82, 2.24) is 74.4 Å². The van der Waals surface area contributed by atoms with E-state index in [1.165, 1.54) is 18.7 Å². The Morgan fingerprint density at radius 2 is 0.811 bits per heavy atom. The van der Waals surface area contributed by atoms with Crippen LogP contribution in [0.1, 0.15) is 83.1 Å². The Balaban J connectivity index is 3.18. The number of carbonyl (C=O) groups is 20. The van der Waals surface area contributed by atoms with Gasteiger partial charge in [-0.25, -0.2) is 4.79 Å². The monoisotopic (exact) mass is 1560 g/mol. The SMILES string of the molecule is CSCC[C@H](N)C(=O)N[C@@H](Cc1ccccc1)C(=O)N[C@@H](CS)C(=O)N[C@@H](C)C(=O)NCC(=O)NCC(=O)NCC(=O)N[C@@H](CCC(N)=O)C(=O)N[C@@H](CC(=O)O)C(=O)N[C@@H](CCC(N)=O)C(=O)N[C@@H](CCCCN)C(=O)N[C@@H](CC(=O)O)C(=O)N[C@@H](CO)C(=O)N[C@@H](CS)C(=O)N[C@@H](CC(N)=O)C(=O)O. The maximum absolute atomic E-state index is 14.1. The van der Waals surface area contributed by atoms with Gasteiger partial charge in [0.05, 0.1) is 51.5 Å². The number of hydrogen-bond donors (Lipinski definition) is 25. The Kier molecular flexibility index (Phi) is 44.2. The molecule has 0 radical (unpaired) electrons. The summed E-state index contributed by atoms with van der Waals surface area (Å²) in [5, 5.41) is 69.7. The Morgan fingerprint density at radius 3 is 1.25 bits per heavy atom. The van der Waals surface area contributed by atoms with Crippen molar-refractivity contribution < 1.29 is 116 Å². The van der Waals surface area contributed by atoms with Crippen molar-refractivity contribution in [1.29, 1.82) is 0 Å². The third kappa shape index (κ3) is 37.8. The van der Waals surface area contributed by atoms with Crippen LogP contribution in [0.4, 0.5) is 0 Å². The average Bonchev–Trinajstić information content (AvgIpc) is 0.864. The Labute approximate surface area is 620 Å². The number of aliphatic hydroxyl groups excluding tert-OH is 1.